The van der Waals surface area contributed by atoms with Crippen molar-refractivity contribution in [2.45, 2.75) is 39.7 Å². The van der Waals surface area contributed by atoms with Gasteiger partial charge in [-0.3, -0.25) is 9.48 Å². The molecule has 2 rings (SSSR count). The zero-order chi connectivity index (χ0) is 15.5. The van der Waals surface area contributed by atoms with Gasteiger partial charge in [0.2, 0.25) is 5.78 Å². The summed E-state index contributed by atoms with van der Waals surface area (Å²) in [6.07, 6.45) is 5.23. The molecule has 0 spiro atoms. The second kappa shape index (κ2) is 6.08. The summed E-state index contributed by atoms with van der Waals surface area (Å²) in [5.74, 6) is -0.0675. The first-order valence-corrected chi connectivity index (χ1v) is 7.26. The first-order valence-electron chi connectivity index (χ1n) is 7.26. The normalized spacial score (nSPS) is 12.0. The van der Waals surface area contributed by atoms with Crippen LogP contribution in [0.4, 0.5) is 0 Å². The van der Waals surface area contributed by atoms with Crippen LogP contribution in [0.15, 0.2) is 42.6 Å². The number of ketones is 1. The molecule has 0 radical (unpaired) electrons. The molecule has 1 aromatic carbocycles. The third-order valence-corrected chi connectivity index (χ3v) is 3.42. The quantitative estimate of drug-likeness (QED) is 0.625. The van der Waals surface area contributed by atoms with Crippen LogP contribution in [0.1, 0.15) is 49.3 Å². The van der Waals surface area contributed by atoms with Crippen LogP contribution in [-0.4, -0.2) is 15.6 Å². The number of allylic oxidation sites excluding steroid dienone is 1. The molecule has 1 aromatic heterocycles. The van der Waals surface area contributed by atoms with E-state index in [4.69, 9.17) is 0 Å². The minimum absolute atomic E-state index is 0.0675. The Labute approximate surface area is 126 Å². The van der Waals surface area contributed by atoms with Crippen molar-refractivity contribution in [3.63, 3.8) is 0 Å². The number of benzene rings is 1. The second-order valence-corrected chi connectivity index (χ2v) is 6.13. The molecular weight excluding hydrogens is 260 g/mol. The molecule has 1 heterocycles. The smallest absolute Gasteiger partial charge is 0.206 e. The van der Waals surface area contributed by atoms with Gasteiger partial charge in [-0.2, -0.15) is 5.10 Å². The maximum Gasteiger partial charge on any atom is 0.206 e. The van der Waals surface area contributed by atoms with Gasteiger partial charge in [0.15, 0.2) is 0 Å². The van der Waals surface area contributed by atoms with E-state index >= 15 is 0 Å². The molecule has 0 saturated carbocycles. The van der Waals surface area contributed by atoms with Crippen LogP contribution < -0.4 is 0 Å². The summed E-state index contributed by atoms with van der Waals surface area (Å²) in [5, 5.41) is 4.20. The molecule has 0 saturated heterocycles. The summed E-state index contributed by atoms with van der Waals surface area (Å²) < 4.78 is 1.75. The molecule has 110 valence electrons. The minimum atomic E-state index is -0.0675. The van der Waals surface area contributed by atoms with Gasteiger partial charge in [-0.15, -0.1) is 0 Å². The standard InChI is InChI=1S/C18H22N2O/c1-5-20-13-12-16(19-20)17(21)11-8-14-6-9-15(10-7-14)18(2,3)4/h6-13H,5H2,1-4H3/b11-8+. The summed E-state index contributed by atoms with van der Waals surface area (Å²) in [5.41, 5.74) is 2.93. The lowest BCUT2D eigenvalue weighted by Gasteiger charge is -2.18. The lowest BCUT2D eigenvalue weighted by Crippen LogP contribution is -2.10. The molecule has 0 aliphatic heterocycles. The Morgan fingerprint density at radius 1 is 1.19 bits per heavy atom. The van der Waals surface area contributed by atoms with Gasteiger partial charge in [-0.1, -0.05) is 51.1 Å². The van der Waals surface area contributed by atoms with Crippen molar-refractivity contribution in [1.82, 2.24) is 9.78 Å². The van der Waals surface area contributed by atoms with Crippen molar-refractivity contribution in [2.75, 3.05) is 0 Å². The fourth-order valence-electron chi connectivity index (χ4n) is 2.02. The number of hydrogen-bond donors (Lipinski definition) is 0. The molecule has 0 atom stereocenters. The van der Waals surface area contributed by atoms with E-state index < -0.39 is 0 Å². The average Bonchev–Trinajstić information content (AvgIpc) is 2.93. The summed E-state index contributed by atoms with van der Waals surface area (Å²) in [6.45, 7) is 9.32. The summed E-state index contributed by atoms with van der Waals surface area (Å²) >= 11 is 0. The van der Waals surface area contributed by atoms with Crippen molar-refractivity contribution >= 4 is 11.9 Å². The molecule has 2 aromatic rings. The number of nitrogens with zero attached hydrogens (tertiary/aromatic N) is 2. The van der Waals surface area contributed by atoms with E-state index in [0.717, 1.165) is 12.1 Å². The Balaban J connectivity index is 2.08. The fraction of sp³-hybridized carbons (Fsp3) is 0.333. The monoisotopic (exact) mass is 282 g/mol. The van der Waals surface area contributed by atoms with Crippen LogP contribution in [0, 0.1) is 0 Å². The van der Waals surface area contributed by atoms with Gasteiger partial charge in [0.25, 0.3) is 0 Å². The molecule has 0 aliphatic carbocycles. The van der Waals surface area contributed by atoms with E-state index in [1.807, 2.05) is 31.3 Å². The van der Waals surface area contributed by atoms with E-state index in [2.05, 4.69) is 38.0 Å². The van der Waals surface area contributed by atoms with Crippen LogP contribution in [0.25, 0.3) is 6.08 Å². The van der Waals surface area contributed by atoms with Crippen LogP contribution in [-0.2, 0) is 12.0 Å². The lowest BCUT2D eigenvalue weighted by atomic mass is 9.87. The van der Waals surface area contributed by atoms with Gasteiger partial charge >= 0.3 is 0 Å². The number of rotatable bonds is 4. The Morgan fingerprint density at radius 2 is 1.86 bits per heavy atom. The predicted molar refractivity (Wildman–Crippen MR) is 86.4 cm³/mol. The van der Waals surface area contributed by atoms with Crippen molar-refractivity contribution in [1.29, 1.82) is 0 Å². The molecule has 3 nitrogen and oxygen atoms in total. The lowest BCUT2D eigenvalue weighted by molar-refractivity contribution is 0.104. The number of carbonyl (C=O) groups excluding carboxylic acids is 1. The Bertz CT molecular complexity index is 643. The number of aryl methyl sites for hydroxylation is 1. The number of carbonyl (C=O) groups is 1. The third kappa shape index (κ3) is 3.91. The van der Waals surface area contributed by atoms with Gasteiger partial charge in [0, 0.05) is 12.7 Å². The minimum Gasteiger partial charge on any atom is -0.287 e. The van der Waals surface area contributed by atoms with Crippen LogP contribution >= 0.6 is 0 Å². The van der Waals surface area contributed by atoms with Crippen molar-refractivity contribution in [2.24, 2.45) is 0 Å². The maximum absolute atomic E-state index is 12.0. The highest BCUT2D eigenvalue weighted by molar-refractivity contribution is 6.05. The van der Waals surface area contributed by atoms with Gasteiger partial charge < -0.3 is 0 Å². The first-order chi connectivity index (χ1) is 9.90. The SMILES string of the molecule is CCn1ccc(C(=O)/C=C/c2ccc(C(C)(C)C)cc2)n1. The van der Waals surface area contributed by atoms with Crippen LogP contribution in [0.2, 0.25) is 0 Å². The van der Waals surface area contributed by atoms with E-state index in [1.165, 1.54) is 5.56 Å². The Hall–Kier alpha value is -2.16. The predicted octanol–water partition coefficient (Wildman–Crippen LogP) is 4.10. The highest BCUT2D eigenvalue weighted by Gasteiger charge is 2.12. The van der Waals surface area contributed by atoms with Gasteiger partial charge in [0.1, 0.15) is 5.69 Å². The molecular formula is C18H22N2O. The molecule has 0 aliphatic rings. The van der Waals surface area contributed by atoms with Gasteiger partial charge in [0.05, 0.1) is 0 Å². The zero-order valence-electron chi connectivity index (χ0n) is 13.1. The second-order valence-electron chi connectivity index (χ2n) is 6.13. The summed E-state index contributed by atoms with van der Waals surface area (Å²) in [7, 11) is 0. The van der Waals surface area contributed by atoms with Crippen LogP contribution in [0.5, 0.6) is 0 Å². The van der Waals surface area contributed by atoms with E-state index in [0.29, 0.717) is 5.69 Å². The zero-order valence-corrected chi connectivity index (χ0v) is 13.1. The Morgan fingerprint density at radius 3 is 2.38 bits per heavy atom. The highest BCUT2D eigenvalue weighted by atomic mass is 16.1. The maximum atomic E-state index is 12.0. The molecule has 0 unspecified atom stereocenters. The molecule has 0 fully saturated rings. The van der Waals surface area contributed by atoms with E-state index in [9.17, 15) is 4.79 Å². The highest BCUT2D eigenvalue weighted by Crippen LogP contribution is 2.22. The summed E-state index contributed by atoms with van der Waals surface area (Å²) in [4.78, 5) is 12.0. The summed E-state index contributed by atoms with van der Waals surface area (Å²) in [6, 6.07) is 10.0. The molecule has 3 heteroatoms. The van der Waals surface area contributed by atoms with Gasteiger partial charge in [-0.25, -0.2) is 0 Å². The molecule has 0 amide bonds. The topological polar surface area (TPSA) is 34.9 Å². The first kappa shape index (κ1) is 15.2. The Kier molecular flexibility index (Phi) is 4.41. The van der Waals surface area contributed by atoms with Crippen molar-refractivity contribution in [3.05, 3.63) is 59.4 Å². The molecule has 0 bridgehead atoms. The molecule has 21 heavy (non-hydrogen) atoms. The van der Waals surface area contributed by atoms with Crippen molar-refractivity contribution in [3.8, 4) is 0 Å². The van der Waals surface area contributed by atoms with E-state index in [-0.39, 0.29) is 11.2 Å². The average molecular weight is 282 g/mol. The van der Waals surface area contributed by atoms with Crippen LogP contribution in [0.3, 0.4) is 0 Å². The fourth-order valence-corrected chi connectivity index (χ4v) is 2.02. The number of aromatic nitrogens is 2. The third-order valence-electron chi connectivity index (χ3n) is 3.42. The largest absolute Gasteiger partial charge is 0.287 e. The van der Waals surface area contributed by atoms with Gasteiger partial charge in [-0.05, 0) is 35.6 Å². The van der Waals surface area contributed by atoms with E-state index in [1.54, 1.807) is 16.8 Å². The van der Waals surface area contributed by atoms with Crippen molar-refractivity contribution < 1.29 is 4.79 Å². The molecule has 0 N–H and O–H groups in total. The number of hydrogen-bond acceptors (Lipinski definition) is 2.